The molecular formula is C24H34O9. The van der Waals surface area contributed by atoms with Gasteiger partial charge in [-0.05, 0) is 18.4 Å². The summed E-state index contributed by atoms with van der Waals surface area (Å²) in [4.78, 5) is 36.4. The third-order valence-electron chi connectivity index (χ3n) is 8.00. The number of esters is 3. The van der Waals surface area contributed by atoms with E-state index in [2.05, 4.69) is 0 Å². The van der Waals surface area contributed by atoms with Gasteiger partial charge in [0.05, 0.1) is 23.5 Å². The van der Waals surface area contributed by atoms with Crippen LogP contribution in [-0.2, 0) is 38.1 Å². The molecule has 1 spiro atoms. The highest BCUT2D eigenvalue weighted by molar-refractivity contribution is 5.70. The number of carbonyl (C=O) groups excluding carboxylic acids is 3. The number of aliphatic hydroxyl groups excluding tert-OH is 1. The lowest BCUT2D eigenvalue weighted by atomic mass is 9.51. The van der Waals surface area contributed by atoms with Crippen LogP contribution in [0.3, 0.4) is 0 Å². The van der Waals surface area contributed by atoms with Crippen molar-refractivity contribution in [3.63, 3.8) is 0 Å². The number of aliphatic hydroxyl groups is 1. The van der Waals surface area contributed by atoms with Crippen molar-refractivity contribution in [1.29, 1.82) is 0 Å². The highest BCUT2D eigenvalue weighted by Gasteiger charge is 2.86. The van der Waals surface area contributed by atoms with E-state index in [4.69, 9.17) is 23.7 Å². The maximum Gasteiger partial charge on any atom is 0.306 e. The minimum absolute atomic E-state index is 0.0617. The number of carbonyl (C=O) groups is 3. The number of ether oxygens (including phenoxy) is 5. The van der Waals surface area contributed by atoms with Crippen molar-refractivity contribution >= 4 is 17.9 Å². The van der Waals surface area contributed by atoms with E-state index in [1.54, 1.807) is 0 Å². The number of epoxide rings is 1. The van der Waals surface area contributed by atoms with Crippen molar-refractivity contribution in [3.8, 4) is 0 Å². The topological polar surface area (TPSA) is 121 Å². The minimum Gasteiger partial charge on any atom is -0.465 e. The number of hydrogen-bond donors (Lipinski definition) is 1. The zero-order valence-electron chi connectivity index (χ0n) is 20.1. The van der Waals surface area contributed by atoms with E-state index in [9.17, 15) is 19.5 Å². The molecule has 1 saturated carbocycles. The minimum atomic E-state index is -1.11. The first-order chi connectivity index (χ1) is 15.4. The smallest absolute Gasteiger partial charge is 0.306 e. The van der Waals surface area contributed by atoms with Gasteiger partial charge in [-0.3, -0.25) is 14.4 Å². The molecule has 33 heavy (non-hydrogen) atoms. The van der Waals surface area contributed by atoms with Gasteiger partial charge < -0.3 is 28.8 Å². The van der Waals surface area contributed by atoms with Crippen LogP contribution in [0.1, 0.15) is 54.4 Å². The number of rotatable bonds is 6. The van der Waals surface area contributed by atoms with Gasteiger partial charge in [-0.2, -0.15) is 0 Å². The average molecular weight is 467 g/mol. The molecule has 2 saturated heterocycles. The molecule has 4 aliphatic rings. The molecule has 3 fully saturated rings. The first kappa shape index (κ1) is 24.2. The van der Waals surface area contributed by atoms with Crippen LogP contribution in [-0.4, -0.2) is 72.3 Å². The fourth-order valence-corrected chi connectivity index (χ4v) is 6.26. The third kappa shape index (κ3) is 3.51. The molecular weight excluding hydrogens is 432 g/mol. The van der Waals surface area contributed by atoms with Crippen LogP contribution in [0.5, 0.6) is 0 Å². The monoisotopic (exact) mass is 466 g/mol. The van der Waals surface area contributed by atoms with Gasteiger partial charge in [0, 0.05) is 26.7 Å². The molecule has 2 bridgehead atoms. The molecule has 0 radical (unpaired) electrons. The molecule has 1 unspecified atom stereocenters. The second kappa shape index (κ2) is 8.06. The highest BCUT2D eigenvalue weighted by Crippen LogP contribution is 2.72. The Labute approximate surface area is 193 Å². The van der Waals surface area contributed by atoms with Gasteiger partial charge in [0.1, 0.15) is 36.6 Å². The molecule has 0 amide bonds. The molecule has 0 aromatic rings. The molecule has 1 N–H and O–H groups in total. The number of fused-ring (bicyclic) bond motifs is 2. The third-order valence-corrected chi connectivity index (χ3v) is 8.00. The lowest BCUT2D eigenvalue weighted by molar-refractivity contribution is -0.241. The van der Waals surface area contributed by atoms with E-state index < -0.39 is 58.9 Å². The van der Waals surface area contributed by atoms with E-state index in [0.717, 1.165) is 5.57 Å². The first-order valence-corrected chi connectivity index (χ1v) is 11.5. The summed E-state index contributed by atoms with van der Waals surface area (Å²) in [5, 5.41) is 11.2. The van der Waals surface area contributed by atoms with Gasteiger partial charge in [0.15, 0.2) is 0 Å². The summed E-state index contributed by atoms with van der Waals surface area (Å²) in [6.45, 7) is 10.5. The van der Waals surface area contributed by atoms with E-state index >= 15 is 0 Å². The SMILES string of the molecule is CC(=O)OC[C@]12C[C@H](OC(=O)CC(C)C)C(C)=C[C@H]1O[C@H]1[C@H](O)[C@@H](OC(C)=O)[C@@]2(C)C12CO2. The molecule has 2 aliphatic heterocycles. The standard InChI is InChI=1S/C24H34O9/c1-12(2)7-18(27)32-16-9-23(10-29-14(4)25)17(8-13(16)3)33-21-19(28)20(31-15(5)26)22(23,6)24(21)11-30-24/h8,12,16-17,19-21,28H,7,9-11H2,1-6H3/t16-,17+,19+,20+,21-,22+,23+,24?/m0/s1. The Morgan fingerprint density at radius 3 is 2.42 bits per heavy atom. The Kier molecular flexibility index (Phi) is 5.90. The summed E-state index contributed by atoms with van der Waals surface area (Å²) in [6.07, 6.45) is -1.46. The molecule has 2 heterocycles. The summed E-state index contributed by atoms with van der Waals surface area (Å²) in [5.41, 5.74) is -2.00. The Morgan fingerprint density at radius 2 is 1.88 bits per heavy atom. The van der Waals surface area contributed by atoms with Crippen LogP contribution in [0.2, 0.25) is 0 Å². The lowest BCUT2D eigenvalue weighted by Gasteiger charge is -2.58. The molecule has 4 rings (SSSR count). The van der Waals surface area contributed by atoms with Crippen LogP contribution < -0.4 is 0 Å². The second-order valence-corrected chi connectivity index (χ2v) is 10.5. The van der Waals surface area contributed by atoms with Crippen LogP contribution >= 0.6 is 0 Å². The van der Waals surface area contributed by atoms with Gasteiger partial charge in [0.2, 0.25) is 0 Å². The van der Waals surface area contributed by atoms with Crippen molar-refractivity contribution in [2.24, 2.45) is 16.7 Å². The van der Waals surface area contributed by atoms with Gasteiger partial charge in [-0.1, -0.05) is 26.8 Å². The zero-order valence-corrected chi connectivity index (χ0v) is 20.1. The summed E-state index contributed by atoms with van der Waals surface area (Å²) >= 11 is 0. The fraction of sp³-hybridized carbons (Fsp3) is 0.792. The van der Waals surface area contributed by atoms with Crippen molar-refractivity contribution < 1.29 is 43.2 Å². The predicted molar refractivity (Wildman–Crippen MR) is 114 cm³/mol. The Bertz CT molecular complexity index is 875. The van der Waals surface area contributed by atoms with Gasteiger partial charge >= 0.3 is 17.9 Å². The Balaban J connectivity index is 1.79. The van der Waals surface area contributed by atoms with Gasteiger partial charge in [-0.25, -0.2) is 0 Å². The number of hydrogen-bond acceptors (Lipinski definition) is 9. The molecule has 8 atom stereocenters. The van der Waals surface area contributed by atoms with Crippen LogP contribution in [0.25, 0.3) is 0 Å². The normalized spacial score (nSPS) is 43.0. The van der Waals surface area contributed by atoms with Crippen LogP contribution in [0.15, 0.2) is 11.6 Å². The average Bonchev–Trinajstić information content (AvgIpc) is 3.48. The van der Waals surface area contributed by atoms with Crippen molar-refractivity contribution in [1.82, 2.24) is 0 Å². The van der Waals surface area contributed by atoms with Gasteiger partial charge in [0.25, 0.3) is 0 Å². The molecule has 184 valence electrons. The highest BCUT2D eigenvalue weighted by atomic mass is 16.7. The Hall–Kier alpha value is -1.97. The second-order valence-electron chi connectivity index (χ2n) is 10.5. The molecule has 9 nitrogen and oxygen atoms in total. The maximum absolute atomic E-state index is 12.5. The zero-order chi connectivity index (χ0) is 24.3. The summed E-state index contributed by atoms with van der Waals surface area (Å²) < 4.78 is 29.4. The van der Waals surface area contributed by atoms with E-state index in [0.29, 0.717) is 6.61 Å². The molecule has 0 aromatic heterocycles. The van der Waals surface area contributed by atoms with E-state index in [1.807, 2.05) is 33.8 Å². The quantitative estimate of drug-likeness (QED) is 0.270. The summed E-state index contributed by atoms with van der Waals surface area (Å²) in [5.74, 6) is -1.18. The molecule has 0 aromatic carbocycles. The van der Waals surface area contributed by atoms with E-state index in [1.165, 1.54) is 13.8 Å². The largest absolute Gasteiger partial charge is 0.465 e. The van der Waals surface area contributed by atoms with Crippen LogP contribution in [0.4, 0.5) is 0 Å². The molecule has 2 aliphatic carbocycles. The maximum atomic E-state index is 12.5. The molecule has 9 heteroatoms. The van der Waals surface area contributed by atoms with Crippen LogP contribution in [0, 0.1) is 16.7 Å². The fourth-order valence-electron chi connectivity index (χ4n) is 6.26. The Morgan fingerprint density at radius 1 is 1.21 bits per heavy atom. The van der Waals surface area contributed by atoms with Crippen molar-refractivity contribution in [3.05, 3.63) is 11.6 Å². The summed E-state index contributed by atoms with van der Waals surface area (Å²) in [7, 11) is 0. The lowest BCUT2D eigenvalue weighted by Crippen LogP contribution is -2.68. The first-order valence-electron chi connectivity index (χ1n) is 11.5. The van der Waals surface area contributed by atoms with Gasteiger partial charge in [-0.15, -0.1) is 0 Å². The predicted octanol–water partition coefficient (Wildman–Crippen LogP) is 1.69. The van der Waals surface area contributed by atoms with E-state index in [-0.39, 0.29) is 31.3 Å². The summed E-state index contributed by atoms with van der Waals surface area (Å²) in [6, 6.07) is 0. The van der Waals surface area contributed by atoms with Crippen molar-refractivity contribution in [2.75, 3.05) is 13.2 Å². The van der Waals surface area contributed by atoms with Crippen molar-refractivity contribution in [2.45, 2.75) is 90.5 Å².